The van der Waals surface area contributed by atoms with Crippen LogP contribution >= 0.6 is 0 Å². The van der Waals surface area contributed by atoms with Gasteiger partial charge in [0.25, 0.3) is 0 Å². The van der Waals surface area contributed by atoms with E-state index in [0.717, 1.165) is 11.3 Å². The summed E-state index contributed by atoms with van der Waals surface area (Å²) in [5.41, 5.74) is 1.74. The molecule has 0 aliphatic rings. The lowest BCUT2D eigenvalue weighted by Crippen LogP contribution is -2.35. The number of hydrogen-bond donors (Lipinski definition) is 3. The molecule has 0 saturated heterocycles. The molecule has 25 heavy (non-hydrogen) atoms. The summed E-state index contributed by atoms with van der Waals surface area (Å²) in [7, 11) is -2.07. The molecule has 0 atom stereocenters. The summed E-state index contributed by atoms with van der Waals surface area (Å²) in [6.07, 6.45) is 0.219. The zero-order valence-corrected chi connectivity index (χ0v) is 15.2. The van der Waals surface area contributed by atoms with Gasteiger partial charge in [0, 0.05) is 13.1 Å². The van der Waals surface area contributed by atoms with Crippen molar-refractivity contribution in [2.75, 3.05) is 20.2 Å². The highest BCUT2D eigenvalue weighted by Crippen LogP contribution is 2.15. The van der Waals surface area contributed by atoms with Crippen molar-refractivity contribution in [1.82, 2.24) is 20.2 Å². The van der Waals surface area contributed by atoms with Gasteiger partial charge in [-0.2, -0.15) is 5.10 Å². The van der Waals surface area contributed by atoms with E-state index in [1.54, 1.807) is 33.1 Å². The lowest BCUT2D eigenvalue weighted by Gasteiger charge is -2.08. The fraction of sp³-hybridized carbons (Fsp3) is 0.375. The Labute approximate surface area is 147 Å². The summed E-state index contributed by atoms with van der Waals surface area (Å²) in [5.74, 6) is 0.545. The van der Waals surface area contributed by atoms with Gasteiger partial charge in [0.05, 0.1) is 24.9 Å². The van der Waals surface area contributed by atoms with E-state index in [9.17, 15) is 13.2 Å². The predicted octanol–water partition coefficient (Wildman–Crippen LogP) is 0.672. The quantitative estimate of drug-likeness (QED) is 0.595. The second kappa shape index (κ2) is 8.13. The molecular weight excluding hydrogens is 344 g/mol. The van der Waals surface area contributed by atoms with Crippen LogP contribution in [0, 0.1) is 13.8 Å². The Morgan fingerprint density at radius 1 is 1.20 bits per heavy atom. The molecule has 0 aliphatic carbocycles. The van der Waals surface area contributed by atoms with Gasteiger partial charge in [0.1, 0.15) is 10.6 Å². The number of ether oxygens (including phenoxy) is 1. The Morgan fingerprint density at radius 2 is 1.88 bits per heavy atom. The van der Waals surface area contributed by atoms with Gasteiger partial charge in [0.2, 0.25) is 15.9 Å². The number of carbonyl (C=O) groups is 1. The zero-order chi connectivity index (χ0) is 18.4. The van der Waals surface area contributed by atoms with Crippen LogP contribution in [0.4, 0.5) is 0 Å². The molecule has 1 heterocycles. The highest BCUT2D eigenvalue weighted by molar-refractivity contribution is 7.89. The van der Waals surface area contributed by atoms with Crippen LogP contribution in [0.25, 0.3) is 0 Å². The van der Waals surface area contributed by atoms with Crippen LogP contribution in [0.1, 0.15) is 17.0 Å². The Balaban J connectivity index is 1.79. The first-order chi connectivity index (χ1) is 11.8. The molecule has 0 fully saturated rings. The van der Waals surface area contributed by atoms with Crippen molar-refractivity contribution >= 4 is 15.9 Å². The molecular formula is C16H22N4O4S. The lowest BCUT2D eigenvalue weighted by molar-refractivity contribution is -0.120. The topological polar surface area (TPSA) is 113 Å². The van der Waals surface area contributed by atoms with E-state index in [1.807, 2.05) is 12.1 Å². The normalized spacial score (nSPS) is 11.3. The summed E-state index contributed by atoms with van der Waals surface area (Å²) >= 11 is 0. The second-order valence-electron chi connectivity index (χ2n) is 5.54. The molecule has 0 saturated carbocycles. The van der Waals surface area contributed by atoms with Crippen LogP contribution in [0.5, 0.6) is 5.75 Å². The number of carbonyl (C=O) groups excluding carboxylic acids is 1. The summed E-state index contributed by atoms with van der Waals surface area (Å²) in [6, 6.07) is 7.19. The fourth-order valence-electron chi connectivity index (χ4n) is 2.39. The van der Waals surface area contributed by atoms with Crippen LogP contribution in [-0.2, 0) is 21.2 Å². The molecule has 0 aliphatic heterocycles. The monoisotopic (exact) mass is 366 g/mol. The van der Waals surface area contributed by atoms with E-state index < -0.39 is 10.0 Å². The Morgan fingerprint density at radius 3 is 2.44 bits per heavy atom. The Kier molecular flexibility index (Phi) is 6.16. The molecule has 0 bridgehead atoms. The van der Waals surface area contributed by atoms with Gasteiger partial charge in [-0.25, -0.2) is 13.1 Å². The van der Waals surface area contributed by atoms with Crippen molar-refractivity contribution in [1.29, 1.82) is 0 Å². The van der Waals surface area contributed by atoms with Crippen LogP contribution < -0.4 is 14.8 Å². The van der Waals surface area contributed by atoms with Gasteiger partial charge in [-0.05, 0) is 31.5 Å². The van der Waals surface area contributed by atoms with Crippen LogP contribution in [0.3, 0.4) is 0 Å². The molecule has 2 aromatic rings. The zero-order valence-electron chi connectivity index (χ0n) is 14.4. The minimum atomic E-state index is -3.65. The second-order valence-corrected chi connectivity index (χ2v) is 7.24. The van der Waals surface area contributed by atoms with Crippen LogP contribution in [0.2, 0.25) is 0 Å². The van der Waals surface area contributed by atoms with Crippen molar-refractivity contribution in [3.05, 3.63) is 41.2 Å². The van der Waals surface area contributed by atoms with E-state index in [0.29, 0.717) is 11.4 Å². The average Bonchev–Trinajstić information content (AvgIpc) is 2.92. The highest BCUT2D eigenvalue weighted by Gasteiger charge is 2.21. The van der Waals surface area contributed by atoms with Crippen molar-refractivity contribution in [3.8, 4) is 5.75 Å². The molecule has 9 heteroatoms. The predicted molar refractivity (Wildman–Crippen MR) is 93.0 cm³/mol. The van der Waals surface area contributed by atoms with Crippen LogP contribution in [0.15, 0.2) is 29.2 Å². The molecule has 136 valence electrons. The maximum atomic E-state index is 12.2. The SMILES string of the molecule is COc1ccc(CC(=O)NCCNS(=O)(=O)c2c(C)n[nH]c2C)cc1. The molecule has 8 nitrogen and oxygen atoms in total. The molecule has 3 N–H and O–H groups in total. The van der Waals surface area contributed by atoms with Crippen molar-refractivity contribution in [3.63, 3.8) is 0 Å². The third-order valence-electron chi connectivity index (χ3n) is 3.59. The Hall–Kier alpha value is -2.39. The number of sulfonamides is 1. The molecule has 0 radical (unpaired) electrons. The standard InChI is InChI=1S/C16H22N4O4S/c1-11-16(12(2)20-19-11)25(22,23)18-9-8-17-15(21)10-13-4-6-14(24-3)7-5-13/h4-7,18H,8-10H2,1-3H3,(H,17,21)(H,19,20). The molecule has 2 rings (SSSR count). The van der Waals surface area contributed by atoms with E-state index in [2.05, 4.69) is 20.2 Å². The van der Waals surface area contributed by atoms with Crippen LogP contribution in [-0.4, -0.2) is 44.7 Å². The van der Waals surface area contributed by atoms with E-state index in [4.69, 9.17) is 4.74 Å². The first kappa shape index (κ1) is 18.9. The first-order valence-electron chi connectivity index (χ1n) is 7.74. The van der Waals surface area contributed by atoms with Gasteiger partial charge in [-0.15, -0.1) is 0 Å². The number of aryl methyl sites for hydroxylation is 2. The van der Waals surface area contributed by atoms with Crippen molar-refractivity contribution in [2.24, 2.45) is 0 Å². The summed E-state index contributed by atoms with van der Waals surface area (Å²) in [6.45, 7) is 3.56. The number of hydrogen-bond acceptors (Lipinski definition) is 5. The summed E-state index contributed by atoms with van der Waals surface area (Å²) in [5, 5.41) is 9.20. The largest absolute Gasteiger partial charge is 0.497 e. The Bertz CT molecular complexity index is 809. The van der Waals surface area contributed by atoms with Gasteiger partial charge in [0.15, 0.2) is 0 Å². The minimum Gasteiger partial charge on any atom is -0.497 e. The van der Waals surface area contributed by atoms with E-state index in [1.165, 1.54) is 0 Å². The average molecular weight is 366 g/mol. The molecule has 0 spiro atoms. The minimum absolute atomic E-state index is 0.0980. The molecule has 0 unspecified atom stereocenters. The van der Waals surface area contributed by atoms with Gasteiger partial charge < -0.3 is 10.1 Å². The number of nitrogens with zero attached hydrogens (tertiary/aromatic N) is 1. The number of benzene rings is 1. The number of methoxy groups -OCH3 is 1. The molecule has 1 aromatic heterocycles. The maximum absolute atomic E-state index is 12.2. The third kappa shape index (κ3) is 5.04. The van der Waals surface area contributed by atoms with E-state index in [-0.39, 0.29) is 30.3 Å². The highest BCUT2D eigenvalue weighted by atomic mass is 32.2. The third-order valence-corrected chi connectivity index (χ3v) is 5.32. The number of aromatic nitrogens is 2. The van der Waals surface area contributed by atoms with Crippen molar-refractivity contribution < 1.29 is 17.9 Å². The first-order valence-corrected chi connectivity index (χ1v) is 9.22. The van der Waals surface area contributed by atoms with E-state index >= 15 is 0 Å². The summed E-state index contributed by atoms with van der Waals surface area (Å²) < 4.78 is 32.0. The number of aromatic amines is 1. The molecule has 1 amide bonds. The smallest absolute Gasteiger partial charge is 0.244 e. The molecule has 1 aromatic carbocycles. The summed E-state index contributed by atoms with van der Waals surface area (Å²) in [4.78, 5) is 12.0. The fourth-order valence-corrected chi connectivity index (χ4v) is 3.79. The number of amides is 1. The number of H-pyrrole nitrogens is 1. The van der Waals surface area contributed by atoms with Gasteiger partial charge >= 0.3 is 0 Å². The van der Waals surface area contributed by atoms with Gasteiger partial charge in [-0.1, -0.05) is 12.1 Å². The lowest BCUT2D eigenvalue weighted by atomic mass is 10.1. The van der Waals surface area contributed by atoms with Gasteiger partial charge in [-0.3, -0.25) is 9.89 Å². The number of nitrogens with one attached hydrogen (secondary N) is 3. The van der Waals surface area contributed by atoms with Crippen molar-refractivity contribution in [2.45, 2.75) is 25.2 Å². The number of rotatable bonds is 8. The maximum Gasteiger partial charge on any atom is 0.244 e.